The highest BCUT2D eigenvalue weighted by Gasteiger charge is 2.32. The lowest BCUT2D eigenvalue weighted by atomic mass is 9.98. The van der Waals surface area contributed by atoms with Crippen LogP contribution in [-0.4, -0.2) is 78.2 Å². The monoisotopic (exact) mass is 442 g/mol. The van der Waals surface area contributed by atoms with Gasteiger partial charge in [0.1, 0.15) is 12.6 Å². The van der Waals surface area contributed by atoms with E-state index in [0.29, 0.717) is 0 Å². The van der Waals surface area contributed by atoms with Crippen LogP contribution >= 0.6 is 11.8 Å². The van der Waals surface area contributed by atoms with Crippen LogP contribution in [0.3, 0.4) is 0 Å². The number of carbonyl (C=O) groups excluding carboxylic acids is 2. The molecule has 0 spiro atoms. The standard InChI is InChI=1S/C23H26N2O5S/c1-24(2)22(28)20(13-31-14-21(26)27)25(3)23(29)30-12-19-17-10-6-4-8-15(17)16-9-5-7-11-18(16)19/h4-11,19-20H,12-14H2,1-3H3,(H,26,27)/t20-/m0/s1. The fraction of sp³-hybridized carbons (Fsp3) is 0.348. The van der Waals surface area contributed by atoms with Crippen LogP contribution in [0.5, 0.6) is 0 Å². The summed E-state index contributed by atoms with van der Waals surface area (Å²) >= 11 is 1.09. The second-order valence-corrected chi connectivity index (χ2v) is 8.60. The Bertz CT molecular complexity index is 932. The molecule has 3 rings (SSSR count). The van der Waals surface area contributed by atoms with Crippen molar-refractivity contribution >= 4 is 29.7 Å². The number of amides is 2. The molecule has 0 saturated heterocycles. The van der Waals surface area contributed by atoms with Gasteiger partial charge in [-0.3, -0.25) is 14.5 Å². The maximum atomic E-state index is 12.8. The predicted molar refractivity (Wildman–Crippen MR) is 120 cm³/mol. The molecule has 1 N–H and O–H groups in total. The topological polar surface area (TPSA) is 87.2 Å². The molecule has 0 saturated carbocycles. The van der Waals surface area contributed by atoms with E-state index in [2.05, 4.69) is 12.1 Å². The number of likely N-dealkylation sites (N-methyl/N-ethyl adjacent to an activating group) is 2. The van der Waals surface area contributed by atoms with E-state index in [1.807, 2.05) is 36.4 Å². The van der Waals surface area contributed by atoms with E-state index in [9.17, 15) is 14.4 Å². The summed E-state index contributed by atoms with van der Waals surface area (Å²) in [6.45, 7) is 0.155. The number of hydrogen-bond donors (Lipinski definition) is 1. The van der Waals surface area contributed by atoms with Crippen LogP contribution in [0.4, 0.5) is 4.79 Å². The van der Waals surface area contributed by atoms with E-state index in [0.717, 1.165) is 34.0 Å². The summed E-state index contributed by atoms with van der Waals surface area (Å²) in [6.07, 6.45) is -0.613. The van der Waals surface area contributed by atoms with Crippen molar-refractivity contribution in [3.05, 3.63) is 59.7 Å². The van der Waals surface area contributed by atoms with Gasteiger partial charge in [0.2, 0.25) is 5.91 Å². The maximum Gasteiger partial charge on any atom is 0.410 e. The van der Waals surface area contributed by atoms with Crippen molar-refractivity contribution in [2.45, 2.75) is 12.0 Å². The molecule has 0 aliphatic heterocycles. The molecule has 0 heterocycles. The first-order valence-electron chi connectivity index (χ1n) is 9.89. The number of benzene rings is 2. The highest BCUT2D eigenvalue weighted by atomic mass is 32.2. The van der Waals surface area contributed by atoms with Gasteiger partial charge in [0.05, 0.1) is 5.75 Å². The second kappa shape index (κ2) is 9.87. The number of carboxylic acid groups (broad SMARTS) is 1. The van der Waals surface area contributed by atoms with Crippen molar-refractivity contribution in [3.63, 3.8) is 0 Å². The minimum Gasteiger partial charge on any atom is -0.481 e. The molecule has 8 heteroatoms. The number of carbonyl (C=O) groups is 3. The minimum atomic E-state index is -0.968. The summed E-state index contributed by atoms with van der Waals surface area (Å²) in [7, 11) is 4.71. The Kier molecular flexibility index (Phi) is 7.22. The molecule has 2 amide bonds. The first kappa shape index (κ1) is 22.7. The van der Waals surface area contributed by atoms with Gasteiger partial charge in [-0.05, 0) is 22.3 Å². The Morgan fingerprint density at radius 1 is 1.00 bits per heavy atom. The molecule has 2 aromatic carbocycles. The highest BCUT2D eigenvalue weighted by Crippen LogP contribution is 2.44. The summed E-state index contributed by atoms with van der Waals surface area (Å²) in [5.41, 5.74) is 4.49. The van der Waals surface area contributed by atoms with Crippen molar-refractivity contribution in [3.8, 4) is 11.1 Å². The number of thioether (sulfide) groups is 1. The molecule has 0 aromatic heterocycles. The fourth-order valence-corrected chi connectivity index (χ4v) is 4.61. The van der Waals surface area contributed by atoms with Crippen LogP contribution in [0.2, 0.25) is 0 Å². The molecule has 0 unspecified atom stereocenters. The lowest BCUT2D eigenvalue weighted by Gasteiger charge is -2.29. The molecule has 7 nitrogen and oxygen atoms in total. The van der Waals surface area contributed by atoms with Crippen LogP contribution in [0.1, 0.15) is 17.0 Å². The van der Waals surface area contributed by atoms with E-state index in [1.54, 1.807) is 14.1 Å². The molecule has 31 heavy (non-hydrogen) atoms. The Morgan fingerprint density at radius 2 is 1.55 bits per heavy atom. The van der Waals surface area contributed by atoms with Gasteiger partial charge >= 0.3 is 12.1 Å². The van der Waals surface area contributed by atoms with Gasteiger partial charge in [-0.25, -0.2) is 4.79 Å². The molecular formula is C23H26N2O5S. The third-order valence-electron chi connectivity index (χ3n) is 5.32. The van der Waals surface area contributed by atoms with Crippen molar-refractivity contribution in [2.24, 2.45) is 0 Å². The van der Waals surface area contributed by atoms with Gasteiger partial charge in [-0.2, -0.15) is 0 Å². The molecular weight excluding hydrogens is 416 g/mol. The first-order chi connectivity index (χ1) is 14.8. The predicted octanol–water partition coefficient (Wildman–Crippen LogP) is 3.14. The van der Waals surface area contributed by atoms with Gasteiger partial charge in [0.25, 0.3) is 0 Å². The molecule has 2 aromatic rings. The summed E-state index contributed by atoms with van der Waals surface area (Å²) in [5, 5.41) is 8.87. The van der Waals surface area contributed by atoms with E-state index in [-0.39, 0.29) is 29.9 Å². The number of aliphatic carboxylic acids is 1. The molecule has 1 aliphatic rings. The van der Waals surface area contributed by atoms with E-state index < -0.39 is 18.1 Å². The third kappa shape index (κ3) is 5.02. The molecule has 164 valence electrons. The molecule has 1 atom stereocenters. The Balaban J connectivity index is 1.71. The zero-order valence-electron chi connectivity index (χ0n) is 17.8. The quantitative estimate of drug-likeness (QED) is 0.676. The zero-order chi connectivity index (χ0) is 22.5. The number of hydrogen-bond acceptors (Lipinski definition) is 5. The largest absolute Gasteiger partial charge is 0.481 e. The number of carboxylic acids is 1. The molecule has 0 radical (unpaired) electrons. The van der Waals surface area contributed by atoms with Gasteiger partial charge < -0.3 is 14.7 Å². The van der Waals surface area contributed by atoms with Crippen LogP contribution in [-0.2, 0) is 14.3 Å². The number of rotatable bonds is 8. The molecule has 0 bridgehead atoms. The SMILES string of the molecule is CN(C)C(=O)[C@H](CSCC(=O)O)N(C)C(=O)OCC1c2ccccc2-c2ccccc21. The molecule has 0 fully saturated rings. The average molecular weight is 443 g/mol. The van der Waals surface area contributed by atoms with Crippen LogP contribution in [0.25, 0.3) is 11.1 Å². The summed E-state index contributed by atoms with van der Waals surface area (Å²) in [6, 6.07) is 15.3. The summed E-state index contributed by atoms with van der Waals surface area (Å²) < 4.78 is 5.63. The number of fused-ring (bicyclic) bond motifs is 3. The van der Waals surface area contributed by atoms with Crippen LogP contribution in [0, 0.1) is 0 Å². The van der Waals surface area contributed by atoms with Gasteiger partial charge in [0, 0.05) is 32.8 Å². The number of ether oxygens (including phenoxy) is 1. The van der Waals surface area contributed by atoms with Gasteiger partial charge in [-0.1, -0.05) is 48.5 Å². The lowest BCUT2D eigenvalue weighted by molar-refractivity contribution is -0.134. The smallest absolute Gasteiger partial charge is 0.410 e. The Hall–Kier alpha value is -3.00. The second-order valence-electron chi connectivity index (χ2n) is 7.57. The fourth-order valence-electron chi connectivity index (χ4n) is 3.73. The van der Waals surface area contributed by atoms with E-state index in [4.69, 9.17) is 9.84 Å². The Labute approximate surface area is 186 Å². The van der Waals surface area contributed by atoms with Gasteiger partial charge in [-0.15, -0.1) is 11.8 Å². The van der Waals surface area contributed by atoms with Gasteiger partial charge in [0.15, 0.2) is 0 Å². The van der Waals surface area contributed by atoms with E-state index in [1.165, 1.54) is 16.8 Å². The average Bonchev–Trinajstić information content (AvgIpc) is 3.07. The first-order valence-corrected chi connectivity index (χ1v) is 11.0. The van der Waals surface area contributed by atoms with Crippen molar-refractivity contribution in [1.82, 2.24) is 9.80 Å². The van der Waals surface area contributed by atoms with Crippen molar-refractivity contribution < 1.29 is 24.2 Å². The summed E-state index contributed by atoms with van der Waals surface area (Å²) in [4.78, 5) is 38.8. The summed E-state index contributed by atoms with van der Waals surface area (Å²) in [5.74, 6) is -1.30. The van der Waals surface area contributed by atoms with Crippen LogP contribution in [0.15, 0.2) is 48.5 Å². The molecule has 1 aliphatic carbocycles. The van der Waals surface area contributed by atoms with Crippen LogP contribution < -0.4 is 0 Å². The maximum absolute atomic E-state index is 12.8. The van der Waals surface area contributed by atoms with Crippen molar-refractivity contribution in [1.29, 1.82) is 0 Å². The lowest BCUT2D eigenvalue weighted by Crippen LogP contribution is -2.49. The Morgan fingerprint density at radius 3 is 2.06 bits per heavy atom. The minimum absolute atomic E-state index is 0.0749. The third-order valence-corrected chi connectivity index (χ3v) is 6.32. The highest BCUT2D eigenvalue weighted by molar-refractivity contribution is 8.00. The van der Waals surface area contributed by atoms with Crippen molar-refractivity contribution in [2.75, 3.05) is 39.3 Å². The number of nitrogens with zero attached hydrogens (tertiary/aromatic N) is 2. The van der Waals surface area contributed by atoms with E-state index >= 15 is 0 Å². The zero-order valence-corrected chi connectivity index (χ0v) is 18.6. The normalized spacial score (nSPS) is 13.1.